The third-order valence-electron chi connectivity index (χ3n) is 3.37. The van der Waals surface area contributed by atoms with Gasteiger partial charge in [0.2, 0.25) is 0 Å². The molecule has 2 aromatic heterocycles. The number of hydrogen-bond acceptors (Lipinski definition) is 5. The molecule has 0 saturated carbocycles. The zero-order valence-electron chi connectivity index (χ0n) is 14.3. The summed E-state index contributed by atoms with van der Waals surface area (Å²) in [4.78, 5) is 13.3. The Labute approximate surface area is 153 Å². The van der Waals surface area contributed by atoms with Crippen molar-refractivity contribution in [2.45, 2.75) is 26.5 Å². The third kappa shape index (κ3) is 5.46. The molecule has 23 heavy (non-hydrogen) atoms. The fraction of sp³-hybridized carbons (Fsp3) is 0.667. The van der Waals surface area contributed by atoms with Crippen LogP contribution in [0.1, 0.15) is 19.8 Å². The number of nitrogens with one attached hydrogen (secondary N) is 1. The number of imidazole rings is 1. The second kappa shape index (κ2) is 8.48. The lowest BCUT2D eigenvalue weighted by Crippen LogP contribution is -2.11. The summed E-state index contributed by atoms with van der Waals surface area (Å²) in [5, 5.41) is 3.35. The van der Waals surface area contributed by atoms with Crippen LogP contribution >= 0.6 is 32.6 Å². The van der Waals surface area contributed by atoms with Crippen molar-refractivity contribution in [1.29, 1.82) is 0 Å². The molecule has 2 rings (SSSR count). The molecule has 2 heterocycles. The second-order valence-corrected chi connectivity index (χ2v) is 11.9. The van der Waals surface area contributed by atoms with Crippen molar-refractivity contribution in [2.24, 2.45) is 0 Å². The van der Waals surface area contributed by atoms with Gasteiger partial charge in [-0.05, 0) is 25.2 Å². The SMILES string of the molecule is CCCCNc1ncnc2c1nc(I)n2COCCS(C)(C)C. The van der Waals surface area contributed by atoms with Crippen molar-refractivity contribution >= 4 is 49.6 Å². The van der Waals surface area contributed by atoms with E-state index in [-0.39, 0.29) is 0 Å². The predicted molar refractivity (Wildman–Crippen MR) is 108 cm³/mol. The van der Waals surface area contributed by atoms with E-state index in [9.17, 15) is 0 Å². The van der Waals surface area contributed by atoms with E-state index in [1.54, 1.807) is 6.33 Å². The Morgan fingerprint density at radius 2 is 2.09 bits per heavy atom. The van der Waals surface area contributed by atoms with E-state index in [1.807, 2.05) is 4.57 Å². The summed E-state index contributed by atoms with van der Waals surface area (Å²) in [7, 11) is -0.525. The molecule has 0 aliphatic carbocycles. The lowest BCUT2D eigenvalue weighted by atomic mass is 10.3. The van der Waals surface area contributed by atoms with Crippen LogP contribution in [-0.4, -0.2) is 57.2 Å². The smallest absolute Gasteiger partial charge is 0.175 e. The first-order valence-corrected chi connectivity index (χ1v) is 11.9. The van der Waals surface area contributed by atoms with Gasteiger partial charge in [0.15, 0.2) is 20.8 Å². The molecule has 0 aromatic carbocycles. The van der Waals surface area contributed by atoms with Gasteiger partial charge in [0.1, 0.15) is 13.1 Å². The molecule has 8 heteroatoms. The van der Waals surface area contributed by atoms with Gasteiger partial charge in [-0.2, -0.15) is 0 Å². The average molecular weight is 451 g/mol. The first-order valence-electron chi connectivity index (χ1n) is 7.76. The number of nitrogens with zero attached hydrogens (tertiary/aromatic N) is 4. The molecule has 130 valence electrons. The van der Waals surface area contributed by atoms with E-state index in [4.69, 9.17) is 4.74 Å². The van der Waals surface area contributed by atoms with E-state index < -0.39 is 10.0 Å². The van der Waals surface area contributed by atoms with E-state index in [2.05, 4.69) is 68.6 Å². The van der Waals surface area contributed by atoms with Crippen LogP contribution in [0, 0.1) is 3.83 Å². The molecule has 6 nitrogen and oxygen atoms in total. The number of aromatic nitrogens is 4. The molecular weight excluding hydrogens is 425 g/mol. The topological polar surface area (TPSA) is 64.9 Å². The Morgan fingerprint density at radius 1 is 1.30 bits per heavy atom. The van der Waals surface area contributed by atoms with Crippen molar-refractivity contribution in [3.8, 4) is 0 Å². The zero-order valence-corrected chi connectivity index (χ0v) is 17.3. The monoisotopic (exact) mass is 451 g/mol. The van der Waals surface area contributed by atoms with E-state index in [0.717, 1.165) is 52.6 Å². The van der Waals surface area contributed by atoms with Crippen LogP contribution in [-0.2, 0) is 11.5 Å². The van der Waals surface area contributed by atoms with Gasteiger partial charge in [0.05, 0.1) is 6.61 Å². The first-order chi connectivity index (χ1) is 10.9. The molecule has 0 unspecified atom stereocenters. The van der Waals surface area contributed by atoms with Gasteiger partial charge < -0.3 is 10.1 Å². The maximum absolute atomic E-state index is 5.84. The van der Waals surface area contributed by atoms with Gasteiger partial charge in [0.25, 0.3) is 0 Å². The summed E-state index contributed by atoms with van der Waals surface area (Å²) in [6.07, 6.45) is 10.7. The number of hydrogen-bond donors (Lipinski definition) is 1. The van der Waals surface area contributed by atoms with Gasteiger partial charge in [-0.15, -0.1) is 0 Å². The minimum atomic E-state index is -0.525. The van der Waals surface area contributed by atoms with Gasteiger partial charge >= 0.3 is 0 Å². The van der Waals surface area contributed by atoms with E-state index in [0.29, 0.717) is 6.73 Å². The van der Waals surface area contributed by atoms with Crippen molar-refractivity contribution in [3.63, 3.8) is 0 Å². The summed E-state index contributed by atoms with van der Waals surface area (Å²) in [5.74, 6) is 1.91. The van der Waals surface area contributed by atoms with Crippen LogP contribution in [0.15, 0.2) is 6.33 Å². The molecule has 0 aliphatic rings. The Bertz CT molecular complexity index is 641. The summed E-state index contributed by atoms with van der Waals surface area (Å²) in [6, 6.07) is 0. The molecule has 2 aromatic rings. The van der Waals surface area contributed by atoms with Gasteiger partial charge in [0, 0.05) is 34.9 Å². The third-order valence-corrected chi connectivity index (χ3v) is 5.58. The molecule has 0 amide bonds. The van der Waals surface area contributed by atoms with Crippen LogP contribution in [0.3, 0.4) is 0 Å². The van der Waals surface area contributed by atoms with Crippen molar-refractivity contribution < 1.29 is 4.74 Å². The number of anilines is 1. The molecular formula is C15H26IN5OS. The molecule has 0 radical (unpaired) electrons. The fourth-order valence-electron chi connectivity index (χ4n) is 2.00. The van der Waals surface area contributed by atoms with Crippen LogP contribution in [0.25, 0.3) is 11.2 Å². The Hall–Kier alpha value is -0.610. The van der Waals surface area contributed by atoms with Crippen LogP contribution in [0.4, 0.5) is 5.82 Å². The summed E-state index contributed by atoms with van der Waals surface area (Å²) < 4.78 is 8.71. The second-order valence-electron chi connectivity index (χ2n) is 6.32. The fourth-order valence-corrected chi connectivity index (χ4v) is 3.23. The molecule has 0 spiro atoms. The van der Waals surface area contributed by atoms with Crippen molar-refractivity contribution in [3.05, 3.63) is 10.2 Å². The maximum atomic E-state index is 5.84. The number of ether oxygens (including phenoxy) is 1. The Morgan fingerprint density at radius 3 is 2.78 bits per heavy atom. The maximum Gasteiger partial charge on any atom is 0.175 e. The van der Waals surface area contributed by atoms with Gasteiger partial charge in [-0.3, -0.25) is 4.57 Å². The van der Waals surface area contributed by atoms with Crippen LogP contribution in [0.5, 0.6) is 0 Å². The standard InChI is InChI=1S/C15H26IN5OS/c1-5-6-7-17-13-12-14(19-10-18-13)21(15(16)20-12)11-22-8-9-23(2,3)4/h10H,5-9,11H2,1-4H3,(H,17,18,19). The van der Waals surface area contributed by atoms with Gasteiger partial charge in [-0.25, -0.2) is 25.0 Å². The highest BCUT2D eigenvalue weighted by molar-refractivity contribution is 14.1. The van der Waals surface area contributed by atoms with Crippen molar-refractivity contribution in [1.82, 2.24) is 19.5 Å². The number of halogens is 1. The van der Waals surface area contributed by atoms with Crippen LogP contribution in [0.2, 0.25) is 0 Å². The number of unbranched alkanes of at least 4 members (excludes halogenated alkanes) is 1. The molecule has 0 fully saturated rings. The summed E-state index contributed by atoms with van der Waals surface area (Å²) in [5.41, 5.74) is 1.64. The Kier molecular flexibility index (Phi) is 6.90. The highest BCUT2D eigenvalue weighted by Crippen LogP contribution is 2.33. The van der Waals surface area contributed by atoms with E-state index >= 15 is 0 Å². The van der Waals surface area contributed by atoms with Gasteiger partial charge in [-0.1, -0.05) is 13.3 Å². The molecule has 0 aliphatic heterocycles. The molecule has 0 atom stereocenters. The average Bonchev–Trinajstić information content (AvgIpc) is 2.80. The minimum absolute atomic E-state index is 0.482. The molecule has 0 bridgehead atoms. The summed E-state index contributed by atoms with van der Waals surface area (Å²) >= 11 is 2.22. The highest BCUT2D eigenvalue weighted by Gasteiger charge is 2.14. The molecule has 0 saturated heterocycles. The van der Waals surface area contributed by atoms with Crippen molar-refractivity contribution in [2.75, 3.05) is 43.0 Å². The summed E-state index contributed by atoms with van der Waals surface area (Å²) in [6.45, 7) is 4.32. The normalized spacial score (nSPS) is 12.7. The van der Waals surface area contributed by atoms with E-state index in [1.165, 1.54) is 0 Å². The van der Waals surface area contributed by atoms with Crippen LogP contribution < -0.4 is 5.32 Å². The highest BCUT2D eigenvalue weighted by atomic mass is 127. The lowest BCUT2D eigenvalue weighted by Gasteiger charge is -2.24. The predicted octanol–water partition coefficient (Wildman–Crippen LogP) is 3.31. The number of rotatable bonds is 9. The first kappa shape index (κ1) is 18.7. The molecule has 1 N–H and O–H groups in total. The minimum Gasteiger partial charge on any atom is -0.368 e. The quantitative estimate of drug-likeness (QED) is 0.360. The largest absolute Gasteiger partial charge is 0.368 e. The Balaban J connectivity index is 2.08. The lowest BCUT2D eigenvalue weighted by molar-refractivity contribution is 0.0902. The zero-order chi connectivity index (χ0) is 16.9. The number of fused-ring (bicyclic) bond motifs is 1.